The molecule has 2 heterocycles. The minimum absolute atomic E-state index is 0.117. The molecule has 2 unspecified atom stereocenters. The summed E-state index contributed by atoms with van der Waals surface area (Å²) in [4.78, 5) is 30.4. The van der Waals surface area contributed by atoms with Crippen LogP contribution in [0.5, 0.6) is 0 Å². The van der Waals surface area contributed by atoms with Gasteiger partial charge in [-0.25, -0.2) is 4.79 Å². The maximum atomic E-state index is 13.4. The van der Waals surface area contributed by atoms with E-state index in [4.69, 9.17) is 4.74 Å². The number of pyridine rings is 1. The summed E-state index contributed by atoms with van der Waals surface area (Å²) in [6.07, 6.45) is 3.70. The molecule has 2 amide bonds. The third-order valence-corrected chi connectivity index (χ3v) is 6.36. The molecule has 168 valence electrons. The fourth-order valence-corrected chi connectivity index (χ4v) is 4.35. The van der Waals surface area contributed by atoms with Gasteiger partial charge in [0, 0.05) is 29.7 Å². The van der Waals surface area contributed by atoms with Crippen LogP contribution in [0.15, 0.2) is 65.6 Å². The zero-order chi connectivity index (χ0) is 22.7. The van der Waals surface area contributed by atoms with Gasteiger partial charge in [0.05, 0.1) is 18.2 Å². The molecule has 6 heteroatoms. The number of urea groups is 1. The van der Waals surface area contributed by atoms with Crippen molar-refractivity contribution < 1.29 is 9.53 Å². The first-order chi connectivity index (χ1) is 15.3. The summed E-state index contributed by atoms with van der Waals surface area (Å²) in [5.41, 5.74) is 1.43. The molecule has 4 rings (SSSR count). The van der Waals surface area contributed by atoms with Crippen LogP contribution >= 0.6 is 0 Å². The molecule has 2 atom stereocenters. The number of hydrogen-bond donors (Lipinski definition) is 2. The Hall–Kier alpha value is -3.12. The van der Waals surface area contributed by atoms with E-state index in [2.05, 4.69) is 24.1 Å². The van der Waals surface area contributed by atoms with Crippen molar-refractivity contribution in [1.82, 2.24) is 9.88 Å². The van der Waals surface area contributed by atoms with Gasteiger partial charge in [0.15, 0.2) is 0 Å². The van der Waals surface area contributed by atoms with Crippen LogP contribution in [0.3, 0.4) is 0 Å². The highest BCUT2D eigenvalue weighted by Gasteiger charge is 2.32. The van der Waals surface area contributed by atoms with Gasteiger partial charge < -0.3 is 19.9 Å². The molecule has 0 bridgehead atoms. The smallest absolute Gasteiger partial charge is 0.322 e. The predicted octanol–water partition coefficient (Wildman–Crippen LogP) is 5.33. The van der Waals surface area contributed by atoms with Gasteiger partial charge in [0.2, 0.25) is 0 Å². The maximum Gasteiger partial charge on any atom is 0.322 e. The Labute approximate surface area is 188 Å². The lowest BCUT2D eigenvalue weighted by molar-refractivity contribution is -0.0805. The van der Waals surface area contributed by atoms with Crippen LogP contribution in [0, 0.1) is 5.92 Å². The number of fused-ring (bicyclic) bond motifs is 1. The highest BCUT2D eigenvalue weighted by molar-refractivity contribution is 5.90. The molecule has 0 spiro atoms. The van der Waals surface area contributed by atoms with Crippen LogP contribution in [-0.2, 0) is 4.74 Å². The van der Waals surface area contributed by atoms with E-state index in [-0.39, 0.29) is 29.2 Å². The molecule has 1 fully saturated rings. The standard InChI is InChI=1S/C26H31N3O3/c1-18(23-15-27-24(30)22-12-8-7-11-21(22)23)29(16-19-13-14-26(2,3)32-17-19)25(31)28-20-9-5-4-6-10-20/h4-12,15,18-19H,13-14,16-17H2,1-3H3,(H,27,30)(H,28,31). The summed E-state index contributed by atoms with van der Waals surface area (Å²) >= 11 is 0. The SMILES string of the molecule is CC(c1c[nH]c(=O)c2ccccc12)N(CC1CCC(C)(C)OC1)C(=O)Nc1ccccc1. The van der Waals surface area contributed by atoms with Crippen molar-refractivity contribution in [3.8, 4) is 0 Å². The average molecular weight is 434 g/mol. The van der Waals surface area contributed by atoms with Crippen molar-refractivity contribution >= 4 is 22.5 Å². The van der Waals surface area contributed by atoms with E-state index in [9.17, 15) is 9.59 Å². The van der Waals surface area contributed by atoms with Crippen LogP contribution in [0.4, 0.5) is 10.5 Å². The fraction of sp³-hybridized carbons (Fsp3) is 0.385. The number of benzene rings is 2. The Morgan fingerprint density at radius 3 is 2.53 bits per heavy atom. The van der Waals surface area contributed by atoms with Gasteiger partial charge in [-0.1, -0.05) is 36.4 Å². The Morgan fingerprint density at radius 2 is 1.84 bits per heavy atom. The van der Waals surface area contributed by atoms with Gasteiger partial charge in [0.25, 0.3) is 5.56 Å². The quantitative estimate of drug-likeness (QED) is 0.571. The van der Waals surface area contributed by atoms with E-state index in [1.165, 1.54) is 0 Å². The summed E-state index contributed by atoms with van der Waals surface area (Å²) in [7, 11) is 0. The first-order valence-corrected chi connectivity index (χ1v) is 11.2. The fourth-order valence-electron chi connectivity index (χ4n) is 4.35. The zero-order valence-corrected chi connectivity index (χ0v) is 18.9. The Morgan fingerprint density at radius 1 is 1.16 bits per heavy atom. The summed E-state index contributed by atoms with van der Waals surface area (Å²) in [6, 6.07) is 16.6. The van der Waals surface area contributed by atoms with Gasteiger partial charge in [-0.2, -0.15) is 0 Å². The van der Waals surface area contributed by atoms with E-state index < -0.39 is 0 Å². The molecule has 0 saturated carbocycles. The molecule has 1 aliphatic rings. The van der Waals surface area contributed by atoms with Crippen LogP contribution in [0.1, 0.15) is 45.2 Å². The number of amides is 2. The van der Waals surface area contributed by atoms with Crippen molar-refractivity contribution in [3.63, 3.8) is 0 Å². The first kappa shape index (κ1) is 22.1. The molecule has 1 aliphatic heterocycles. The number of carbonyl (C=O) groups excluding carboxylic acids is 1. The molecule has 2 N–H and O–H groups in total. The molecule has 1 aromatic heterocycles. The van der Waals surface area contributed by atoms with Gasteiger partial charge in [-0.15, -0.1) is 0 Å². The minimum atomic E-state index is -0.240. The van der Waals surface area contributed by atoms with Gasteiger partial charge in [-0.3, -0.25) is 4.79 Å². The lowest BCUT2D eigenvalue weighted by Gasteiger charge is -2.39. The van der Waals surface area contributed by atoms with Crippen LogP contribution in [0.2, 0.25) is 0 Å². The second-order valence-corrected chi connectivity index (χ2v) is 9.22. The summed E-state index contributed by atoms with van der Waals surface area (Å²) < 4.78 is 6.04. The predicted molar refractivity (Wildman–Crippen MR) is 128 cm³/mol. The third-order valence-electron chi connectivity index (χ3n) is 6.36. The number of carbonyl (C=O) groups is 1. The van der Waals surface area contributed by atoms with Gasteiger partial charge in [0.1, 0.15) is 0 Å². The number of ether oxygens (including phenoxy) is 1. The number of aromatic amines is 1. The molecule has 0 aliphatic carbocycles. The van der Waals surface area contributed by atoms with Crippen LogP contribution in [-0.4, -0.2) is 34.7 Å². The largest absolute Gasteiger partial charge is 0.375 e. The number of aromatic nitrogens is 1. The Balaban J connectivity index is 1.64. The van der Waals surface area contributed by atoms with Gasteiger partial charge >= 0.3 is 6.03 Å². The van der Waals surface area contributed by atoms with Crippen LogP contribution < -0.4 is 10.9 Å². The van der Waals surface area contributed by atoms with Crippen molar-refractivity contribution in [2.75, 3.05) is 18.5 Å². The third kappa shape index (κ3) is 4.86. The highest BCUT2D eigenvalue weighted by atomic mass is 16.5. The zero-order valence-electron chi connectivity index (χ0n) is 18.9. The topological polar surface area (TPSA) is 74.4 Å². The molecule has 0 radical (unpaired) electrons. The van der Waals surface area contributed by atoms with Crippen molar-refractivity contribution in [1.29, 1.82) is 0 Å². The number of nitrogens with one attached hydrogen (secondary N) is 2. The van der Waals surface area contributed by atoms with Crippen molar-refractivity contribution in [3.05, 3.63) is 76.7 Å². The Kier molecular flexibility index (Phi) is 6.33. The molecule has 1 saturated heterocycles. The molecule has 3 aromatic rings. The lowest BCUT2D eigenvalue weighted by atomic mass is 9.90. The molecule has 6 nitrogen and oxygen atoms in total. The number of hydrogen-bond acceptors (Lipinski definition) is 3. The lowest BCUT2D eigenvalue weighted by Crippen LogP contribution is -2.44. The maximum absolute atomic E-state index is 13.4. The van der Waals surface area contributed by atoms with E-state index >= 15 is 0 Å². The van der Waals surface area contributed by atoms with Gasteiger partial charge in [-0.05, 0) is 62.8 Å². The van der Waals surface area contributed by atoms with Crippen molar-refractivity contribution in [2.45, 2.75) is 45.3 Å². The summed E-state index contributed by atoms with van der Waals surface area (Å²) in [6.45, 7) is 7.43. The number of anilines is 1. The monoisotopic (exact) mass is 433 g/mol. The second-order valence-electron chi connectivity index (χ2n) is 9.22. The van der Waals surface area contributed by atoms with E-state index in [1.54, 1.807) is 6.20 Å². The normalized spacial score (nSPS) is 18.8. The second kappa shape index (κ2) is 9.17. The van der Waals surface area contributed by atoms with Crippen molar-refractivity contribution in [2.24, 2.45) is 5.92 Å². The highest BCUT2D eigenvalue weighted by Crippen LogP contribution is 2.32. The van der Waals surface area contributed by atoms with E-state index in [0.29, 0.717) is 18.5 Å². The van der Waals surface area contributed by atoms with Crippen LogP contribution in [0.25, 0.3) is 10.8 Å². The number of rotatable bonds is 5. The number of H-pyrrole nitrogens is 1. The molecule has 2 aromatic carbocycles. The molecular weight excluding hydrogens is 402 g/mol. The summed E-state index contributed by atoms with van der Waals surface area (Å²) in [5.74, 6) is 0.251. The average Bonchev–Trinajstić information content (AvgIpc) is 2.79. The van der Waals surface area contributed by atoms with E-state index in [1.807, 2.05) is 66.4 Å². The molecular formula is C26H31N3O3. The summed E-state index contributed by atoms with van der Waals surface area (Å²) in [5, 5.41) is 4.52. The number of nitrogens with zero attached hydrogens (tertiary/aromatic N) is 1. The van der Waals surface area contributed by atoms with E-state index in [0.717, 1.165) is 29.5 Å². The first-order valence-electron chi connectivity index (χ1n) is 11.2. The number of para-hydroxylation sites is 1. The molecule has 32 heavy (non-hydrogen) atoms. The Bertz CT molecular complexity index is 1130. The minimum Gasteiger partial charge on any atom is -0.375 e.